The van der Waals surface area contributed by atoms with Crippen molar-refractivity contribution in [2.75, 3.05) is 13.7 Å². The van der Waals surface area contributed by atoms with Crippen molar-refractivity contribution < 1.29 is 9.53 Å². The Hall–Kier alpha value is -3.53. The second-order valence-corrected chi connectivity index (χ2v) is 7.77. The molecule has 4 aromatic rings. The lowest BCUT2D eigenvalue weighted by atomic mass is 9.83. The average Bonchev–Trinajstić information content (AvgIpc) is 3.30. The number of carbonyl (C=O) groups excluding carboxylic acids is 1. The quantitative estimate of drug-likeness (QED) is 0.539. The zero-order chi connectivity index (χ0) is 19.5. The summed E-state index contributed by atoms with van der Waals surface area (Å²) in [5, 5.41) is 1.24. The van der Waals surface area contributed by atoms with Crippen LogP contribution in [-0.4, -0.2) is 29.4 Å². The van der Waals surface area contributed by atoms with E-state index in [-0.39, 0.29) is 17.9 Å². The molecule has 0 radical (unpaired) electrons. The number of para-hydroxylation sites is 1. The SMILES string of the molecule is COc1ccc([C@H]2CN3C(=O)c4ccccc4[C@H]3c3[nH]c4ccccc4c32)cc1. The molecule has 142 valence electrons. The summed E-state index contributed by atoms with van der Waals surface area (Å²) in [5.74, 6) is 1.07. The van der Waals surface area contributed by atoms with E-state index in [0.717, 1.165) is 28.1 Å². The zero-order valence-corrected chi connectivity index (χ0v) is 16.1. The van der Waals surface area contributed by atoms with Crippen molar-refractivity contribution >= 4 is 16.8 Å². The second-order valence-electron chi connectivity index (χ2n) is 7.77. The van der Waals surface area contributed by atoms with Crippen LogP contribution < -0.4 is 4.74 Å². The van der Waals surface area contributed by atoms with Crippen molar-refractivity contribution in [2.45, 2.75) is 12.0 Å². The van der Waals surface area contributed by atoms with Gasteiger partial charge in [0.1, 0.15) is 5.75 Å². The Morgan fingerprint density at radius 3 is 2.55 bits per heavy atom. The van der Waals surface area contributed by atoms with Gasteiger partial charge in [0, 0.05) is 34.6 Å². The molecule has 1 aromatic heterocycles. The lowest BCUT2D eigenvalue weighted by Crippen LogP contribution is -2.37. The highest BCUT2D eigenvalue weighted by atomic mass is 16.5. The fourth-order valence-corrected chi connectivity index (χ4v) is 5.04. The van der Waals surface area contributed by atoms with Gasteiger partial charge in [-0.1, -0.05) is 48.5 Å². The Balaban J connectivity index is 1.60. The minimum absolute atomic E-state index is 0.0457. The molecule has 3 aromatic carbocycles. The fourth-order valence-electron chi connectivity index (χ4n) is 5.04. The Bertz CT molecular complexity index is 1260. The summed E-state index contributed by atoms with van der Waals surface area (Å²) in [6.45, 7) is 0.666. The van der Waals surface area contributed by atoms with Crippen LogP contribution in [0.15, 0.2) is 72.8 Å². The van der Waals surface area contributed by atoms with E-state index < -0.39 is 0 Å². The maximum Gasteiger partial charge on any atom is 0.255 e. The van der Waals surface area contributed by atoms with Gasteiger partial charge < -0.3 is 14.6 Å². The minimum Gasteiger partial charge on any atom is -0.497 e. The molecule has 3 heterocycles. The van der Waals surface area contributed by atoms with Crippen LogP contribution in [0.5, 0.6) is 5.75 Å². The smallest absolute Gasteiger partial charge is 0.255 e. The lowest BCUT2D eigenvalue weighted by molar-refractivity contribution is 0.0727. The van der Waals surface area contributed by atoms with Crippen molar-refractivity contribution in [3.05, 3.63) is 101 Å². The number of methoxy groups -OCH3 is 1. The molecule has 1 N–H and O–H groups in total. The molecule has 0 unspecified atom stereocenters. The van der Waals surface area contributed by atoms with E-state index in [1.54, 1.807) is 7.11 Å². The number of aromatic amines is 1. The maximum absolute atomic E-state index is 13.2. The van der Waals surface area contributed by atoms with Gasteiger partial charge in [0.15, 0.2) is 0 Å². The Morgan fingerprint density at radius 1 is 0.966 bits per heavy atom. The number of carbonyl (C=O) groups is 1. The molecule has 4 heteroatoms. The molecule has 0 fully saturated rings. The van der Waals surface area contributed by atoms with Crippen LogP contribution in [-0.2, 0) is 0 Å². The molecule has 2 aliphatic heterocycles. The van der Waals surface area contributed by atoms with Crippen LogP contribution in [0.25, 0.3) is 10.9 Å². The molecule has 2 aliphatic rings. The highest BCUT2D eigenvalue weighted by Gasteiger charge is 2.45. The van der Waals surface area contributed by atoms with Crippen molar-refractivity contribution in [1.29, 1.82) is 0 Å². The van der Waals surface area contributed by atoms with Crippen LogP contribution in [0.1, 0.15) is 44.7 Å². The maximum atomic E-state index is 13.2. The summed E-state index contributed by atoms with van der Waals surface area (Å²) in [4.78, 5) is 18.9. The van der Waals surface area contributed by atoms with Gasteiger partial charge in [0.25, 0.3) is 5.91 Å². The molecular weight excluding hydrogens is 360 g/mol. The molecule has 0 spiro atoms. The van der Waals surface area contributed by atoms with Crippen molar-refractivity contribution in [3.63, 3.8) is 0 Å². The number of fused-ring (bicyclic) bond motifs is 7. The van der Waals surface area contributed by atoms with E-state index in [2.05, 4.69) is 47.4 Å². The van der Waals surface area contributed by atoms with Crippen molar-refractivity contribution in [2.24, 2.45) is 0 Å². The Kier molecular flexibility index (Phi) is 3.39. The van der Waals surface area contributed by atoms with E-state index in [1.165, 1.54) is 16.5 Å². The van der Waals surface area contributed by atoms with E-state index in [9.17, 15) is 4.79 Å². The summed E-state index contributed by atoms with van der Waals surface area (Å²) >= 11 is 0. The fraction of sp³-hybridized carbons (Fsp3) is 0.160. The number of amides is 1. The van der Waals surface area contributed by atoms with Gasteiger partial charge in [-0.05, 0) is 41.0 Å². The molecule has 0 aliphatic carbocycles. The molecule has 6 rings (SSSR count). The van der Waals surface area contributed by atoms with E-state index in [1.807, 2.05) is 35.2 Å². The Labute approximate surface area is 168 Å². The number of nitrogens with one attached hydrogen (secondary N) is 1. The summed E-state index contributed by atoms with van der Waals surface area (Å²) in [6.07, 6.45) is 0. The number of hydrogen-bond acceptors (Lipinski definition) is 2. The molecule has 1 amide bonds. The predicted molar refractivity (Wildman–Crippen MR) is 112 cm³/mol. The third-order valence-corrected chi connectivity index (χ3v) is 6.35. The van der Waals surface area contributed by atoms with Crippen molar-refractivity contribution in [3.8, 4) is 5.75 Å². The van der Waals surface area contributed by atoms with E-state index in [4.69, 9.17) is 4.74 Å². The first-order chi connectivity index (χ1) is 14.3. The van der Waals surface area contributed by atoms with Crippen LogP contribution >= 0.6 is 0 Å². The Morgan fingerprint density at radius 2 is 1.72 bits per heavy atom. The van der Waals surface area contributed by atoms with E-state index in [0.29, 0.717) is 6.54 Å². The normalized spacial score (nSPS) is 19.8. The summed E-state index contributed by atoms with van der Waals surface area (Å²) in [7, 11) is 1.68. The third-order valence-electron chi connectivity index (χ3n) is 6.35. The first-order valence-corrected chi connectivity index (χ1v) is 9.90. The van der Waals surface area contributed by atoms with Crippen molar-refractivity contribution in [1.82, 2.24) is 9.88 Å². The second kappa shape index (κ2) is 5.98. The van der Waals surface area contributed by atoms with Gasteiger partial charge in [-0.2, -0.15) is 0 Å². The van der Waals surface area contributed by atoms with E-state index >= 15 is 0 Å². The monoisotopic (exact) mass is 380 g/mol. The number of H-pyrrole nitrogens is 1. The zero-order valence-electron chi connectivity index (χ0n) is 16.1. The third kappa shape index (κ3) is 2.23. The van der Waals surface area contributed by atoms with Gasteiger partial charge in [0.2, 0.25) is 0 Å². The highest BCUT2D eigenvalue weighted by Crippen LogP contribution is 2.49. The molecule has 4 nitrogen and oxygen atoms in total. The van der Waals surface area contributed by atoms with Crippen LogP contribution in [0, 0.1) is 0 Å². The molecule has 0 bridgehead atoms. The number of aromatic nitrogens is 1. The number of rotatable bonds is 2. The first-order valence-electron chi connectivity index (χ1n) is 9.90. The highest BCUT2D eigenvalue weighted by molar-refractivity contribution is 6.01. The van der Waals surface area contributed by atoms with Gasteiger partial charge >= 0.3 is 0 Å². The lowest BCUT2D eigenvalue weighted by Gasteiger charge is -2.36. The summed E-state index contributed by atoms with van der Waals surface area (Å²) < 4.78 is 5.34. The van der Waals surface area contributed by atoms with Gasteiger partial charge in [-0.25, -0.2) is 0 Å². The average molecular weight is 380 g/mol. The molecule has 0 saturated carbocycles. The number of benzene rings is 3. The van der Waals surface area contributed by atoms with Crippen LogP contribution in [0.3, 0.4) is 0 Å². The predicted octanol–water partition coefficient (Wildman–Crippen LogP) is 4.87. The molecule has 0 saturated heterocycles. The standard InChI is InChI=1S/C25H20N2O2/c1-29-16-12-10-15(11-13-16)20-14-27-24(17-6-2-3-7-18(17)25(27)28)23-22(20)19-8-4-5-9-21(19)26-23/h2-13,20,24,26H,14H2,1H3/t20-,24+/m1/s1. The van der Waals surface area contributed by atoms with Gasteiger partial charge in [-0.15, -0.1) is 0 Å². The minimum atomic E-state index is -0.0457. The van der Waals surface area contributed by atoms with Gasteiger partial charge in [0.05, 0.1) is 13.2 Å². The number of hydrogen-bond donors (Lipinski definition) is 1. The molecular formula is C25H20N2O2. The summed E-state index contributed by atoms with van der Waals surface area (Å²) in [5.41, 5.74) is 6.66. The number of nitrogens with zero attached hydrogens (tertiary/aromatic N) is 1. The molecule has 2 atom stereocenters. The van der Waals surface area contributed by atoms with Gasteiger partial charge in [-0.3, -0.25) is 4.79 Å². The van der Waals surface area contributed by atoms with Crippen LogP contribution in [0.4, 0.5) is 0 Å². The van der Waals surface area contributed by atoms with Crippen LogP contribution in [0.2, 0.25) is 0 Å². The first kappa shape index (κ1) is 16.4. The summed E-state index contributed by atoms with van der Waals surface area (Å²) in [6, 6.07) is 24.6. The largest absolute Gasteiger partial charge is 0.497 e. The topological polar surface area (TPSA) is 45.3 Å². The number of ether oxygens (including phenoxy) is 1. The molecule has 29 heavy (non-hydrogen) atoms.